The third-order valence-corrected chi connectivity index (χ3v) is 34.1. The molecule has 268 valence electrons. The van der Waals surface area contributed by atoms with Gasteiger partial charge in [-0.25, -0.2) is 0 Å². The molecule has 0 radical (unpaired) electrons. The summed E-state index contributed by atoms with van der Waals surface area (Å²) in [4.78, 5) is 24.6. The van der Waals surface area contributed by atoms with E-state index in [4.69, 9.17) is 75.9 Å². The molecule has 6 aliphatic heterocycles. The van der Waals surface area contributed by atoms with Gasteiger partial charge in [0.25, 0.3) is 0 Å². The summed E-state index contributed by atoms with van der Waals surface area (Å²) < 4.78 is 113. The van der Waals surface area contributed by atoms with Crippen LogP contribution in [0.4, 0.5) is 0 Å². The van der Waals surface area contributed by atoms with Crippen LogP contribution in [-0.4, -0.2) is 119 Å². The van der Waals surface area contributed by atoms with Gasteiger partial charge in [-0.15, -0.1) is 0 Å². The van der Waals surface area contributed by atoms with Crippen LogP contribution in [0.25, 0.3) is 0 Å². The normalized spacial score (nSPS) is 45.7. The Morgan fingerprint density at radius 2 is 0.413 bits per heavy atom. The fourth-order valence-corrected chi connectivity index (χ4v) is 39.4. The van der Waals surface area contributed by atoms with E-state index in [2.05, 4.69) is 0 Å². The van der Waals surface area contributed by atoms with Crippen LogP contribution in [0.3, 0.4) is 0 Å². The zero-order valence-corrected chi connectivity index (χ0v) is 35.7. The summed E-state index contributed by atoms with van der Waals surface area (Å²) in [7, 11) is -40.6. The molecule has 6 saturated heterocycles. The highest BCUT2D eigenvalue weighted by atomic mass is 28.7. The maximum Gasteiger partial charge on any atom is 0.662 e. The van der Waals surface area contributed by atoms with Gasteiger partial charge >= 0.3 is 72.4 Å². The summed E-state index contributed by atoms with van der Waals surface area (Å²) in [6.45, 7) is 19.7. The molecule has 0 unspecified atom stereocenters. The summed E-state index contributed by atoms with van der Waals surface area (Å²) in [5.74, 6) is 0. The first kappa shape index (κ1) is 38.2. The van der Waals surface area contributed by atoms with E-state index in [0.29, 0.717) is 0 Å². The molecule has 6 fully saturated rings. The van der Waals surface area contributed by atoms with Gasteiger partial charge in [-0.1, -0.05) is 0 Å². The van der Waals surface area contributed by atoms with Crippen LogP contribution in [0, 0.1) is 0 Å². The van der Waals surface area contributed by atoms with Crippen molar-refractivity contribution in [3.8, 4) is 0 Å². The average molecular weight is 805 g/mol. The minimum Gasteiger partial charge on any atom is -0.369 e. The van der Waals surface area contributed by atoms with Crippen molar-refractivity contribution in [2.45, 2.75) is 120 Å². The summed E-state index contributed by atoms with van der Waals surface area (Å²) in [6, 6.07) is 0. The lowest BCUT2D eigenvalue weighted by Gasteiger charge is -2.57. The standard InChI is InChI=1S/C18H44O20Si8/c1-13(2)21-41-27-39(19)28-44(24-16(7)8)35-42(33-41,22-14(3)4)30-40(20)31-43(34-41,23-15(5)6)36-45(29-39,25-17(9)10)38-46(32-40,37-44)26-18(11)12/h13-20H,1-12H3. The fourth-order valence-electron chi connectivity index (χ4n) is 4.53. The van der Waals surface area contributed by atoms with Gasteiger partial charge in [0.1, 0.15) is 0 Å². The van der Waals surface area contributed by atoms with Gasteiger partial charge in [-0.3, -0.25) is 0 Å². The van der Waals surface area contributed by atoms with Crippen molar-refractivity contribution in [2.24, 2.45) is 0 Å². The van der Waals surface area contributed by atoms with Crippen molar-refractivity contribution < 1.29 is 85.5 Å². The molecule has 0 spiro atoms. The third kappa shape index (κ3) is 8.19. The molecule has 6 aliphatic rings. The molecule has 0 saturated carbocycles. The zero-order chi connectivity index (χ0) is 34.2. The maximum atomic E-state index is 12.3. The van der Waals surface area contributed by atoms with Crippen molar-refractivity contribution >= 4 is 72.4 Å². The summed E-state index contributed by atoms with van der Waals surface area (Å²) in [5.41, 5.74) is 0. The van der Waals surface area contributed by atoms with Crippen LogP contribution in [0.15, 0.2) is 0 Å². The van der Waals surface area contributed by atoms with E-state index in [0.717, 1.165) is 0 Å². The molecule has 8 bridgehead atoms. The molecule has 46 heavy (non-hydrogen) atoms. The molecule has 0 aromatic carbocycles. The Hall–Kier alpha value is 0.935. The Balaban J connectivity index is 1.88. The highest BCUT2D eigenvalue weighted by molar-refractivity contribution is 6.97. The lowest BCUT2D eigenvalue weighted by molar-refractivity contribution is -0.171. The average Bonchev–Trinajstić information content (AvgIpc) is 2.69. The predicted octanol–water partition coefficient (Wildman–Crippen LogP) is 0.273. The molecule has 2 N–H and O–H groups in total. The van der Waals surface area contributed by atoms with Crippen molar-refractivity contribution in [1.82, 2.24) is 0 Å². The summed E-state index contributed by atoms with van der Waals surface area (Å²) in [6.07, 6.45) is -4.23. The second kappa shape index (κ2) is 12.9. The first-order valence-corrected chi connectivity index (χ1v) is 28.1. The van der Waals surface area contributed by atoms with Crippen molar-refractivity contribution in [3.63, 3.8) is 0 Å². The van der Waals surface area contributed by atoms with Gasteiger partial charge in [-0.05, 0) is 83.1 Å². The van der Waals surface area contributed by atoms with Crippen molar-refractivity contribution in [3.05, 3.63) is 0 Å². The molecule has 6 heterocycles. The lowest BCUT2D eigenvalue weighted by atomic mass is 10.5. The van der Waals surface area contributed by atoms with E-state index in [1.54, 1.807) is 83.1 Å². The van der Waals surface area contributed by atoms with Crippen LogP contribution in [0.5, 0.6) is 0 Å². The van der Waals surface area contributed by atoms with E-state index in [-0.39, 0.29) is 0 Å². The van der Waals surface area contributed by atoms with Gasteiger partial charge in [0.05, 0.1) is 0 Å². The largest absolute Gasteiger partial charge is 0.662 e. The maximum absolute atomic E-state index is 12.3. The number of rotatable bonds is 12. The molecule has 0 aromatic rings. The van der Waals surface area contributed by atoms with Crippen molar-refractivity contribution in [2.75, 3.05) is 0 Å². The first-order valence-electron chi connectivity index (χ1n) is 14.9. The zero-order valence-electron chi connectivity index (χ0n) is 27.7. The number of hydrogen-bond acceptors (Lipinski definition) is 20. The molecule has 0 amide bonds. The Bertz CT molecular complexity index is 889. The second-order valence-electron chi connectivity index (χ2n) is 12.3. The fraction of sp³-hybridized carbons (Fsp3) is 1.00. The quantitative estimate of drug-likeness (QED) is 0.254. The van der Waals surface area contributed by atoms with E-state index in [9.17, 15) is 9.59 Å². The van der Waals surface area contributed by atoms with Gasteiger partial charge in [0.15, 0.2) is 0 Å². The molecule has 28 heteroatoms. The number of hydrogen-bond donors (Lipinski definition) is 2. The molecule has 0 aliphatic carbocycles. The van der Waals surface area contributed by atoms with E-state index >= 15 is 0 Å². The summed E-state index contributed by atoms with van der Waals surface area (Å²) >= 11 is 0. The van der Waals surface area contributed by atoms with Gasteiger partial charge in [0.2, 0.25) is 0 Å². The van der Waals surface area contributed by atoms with Crippen LogP contribution < -0.4 is 0 Å². The SMILES string of the molecule is CC(C)O[Si]12O[Si]3(O)O[Si]4(OC(C)C)O[Si](OC(C)C)(O[Si]5(O)O[Si](OC(C)C)(O1)O[Si](OC(C)C)(O3)O[Si](OC(C)C)(O5)O4)O2. The van der Waals surface area contributed by atoms with Crippen molar-refractivity contribution in [1.29, 1.82) is 0 Å². The minimum atomic E-state index is -5.32. The highest BCUT2D eigenvalue weighted by Gasteiger charge is 2.91. The van der Waals surface area contributed by atoms with E-state index in [1.165, 1.54) is 0 Å². The second-order valence-corrected chi connectivity index (χ2v) is 31.6. The smallest absolute Gasteiger partial charge is 0.369 e. The van der Waals surface area contributed by atoms with Crippen LogP contribution in [-0.2, 0) is 75.9 Å². The molecule has 6 rings (SSSR count). The van der Waals surface area contributed by atoms with E-state index < -0.39 is 109 Å². The molecule has 0 aromatic heterocycles. The minimum absolute atomic E-state index is 0.706. The van der Waals surface area contributed by atoms with Crippen LogP contribution in [0.2, 0.25) is 0 Å². The predicted molar refractivity (Wildman–Crippen MR) is 161 cm³/mol. The van der Waals surface area contributed by atoms with E-state index in [1.807, 2.05) is 0 Å². The lowest BCUT2D eigenvalue weighted by Crippen LogP contribution is -2.91. The monoisotopic (exact) mass is 804 g/mol. The van der Waals surface area contributed by atoms with Gasteiger partial charge < -0.3 is 85.5 Å². The molecular formula is C18H44O20Si8. The Morgan fingerprint density at radius 3 is 0.522 bits per heavy atom. The highest BCUT2D eigenvalue weighted by Crippen LogP contribution is 2.49. The molecular weight excluding hydrogens is 761 g/mol. The Labute approximate surface area is 277 Å². The topological polar surface area (TPSA) is 207 Å². The van der Waals surface area contributed by atoms with Gasteiger partial charge in [0, 0.05) is 36.6 Å². The first-order chi connectivity index (χ1) is 21.0. The molecule has 20 nitrogen and oxygen atoms in total. The van der Waals surface area contributed by atoms with Gasteiger partial charge in [-0.2, -0.15) is 0 Å². The Morgan fingerprint density at radius 1 is 0.283 bits per heavy atom. The molecule has 0 atom stereocenters. The van der Waals surface area contributed by atoms with Crippen LogP contribution >= 0.6 is 0 Å². The summed E-state index contributed by atoms with van der Waals surface area (Å²) in [5, 5.41) is 0. The third-order valence-electron chi connectivity index (χ3n) is 5.30. The Kier molecular flexibility index (Phi) is 10.7. The van der Waals surface area contributed by atoms with Crippen LogP contribution in [0.1, 0.15) is 83.1 Å².